The van der Waals surface area contributed by atoms with E-state index in [1.165, 1.54) is 0 Å². The molecule has 1 saturated heterocycles. The van der Waals surface area contributed by atoms with Crippen LogP contribution in [0.5, 0.6) is 0 Å². The van der Waals surface area contributed by atoms with E-state index in [-0.39, 0.29) is 36.6 Å². The molecule has 2 aliphatic heterocycles. The molecule has 4 atom stereocenters. The molecule has 192 valence electrons. The summed E-state index contributed by atoms with van der Waals surface area (Å²) in [7, 11) is 3.98. The number of aliphatic hydroxyl groups is 1. The fourth-order valence-electron chi connectivity index (χ4n) is 5.98. The highest BCUT2D eigenvalue weighted by atomic mass is 16.3. The van der Waals surface area contributed by atoms with Gasteiger partial charge in [-0.25, -0.2) is 0 Å². The molecule has 1 aliphatic carbocycles. The summed E-state index contributed by atoms with van der Waals surface area (Å²) in [6.45, 7) is 1.46. The standard InChI is InChI=1S/C28H36N4O4/c1-30(2)14-6-13-29-27(35)25-21(17-33)23-16-31-22(26(25)32(23)24(34)15-18-9-10-18)12-11-20(28(31)36)19-7-4-3-5-8-19/h3-5,7-8,11-12,18,21,23,25-26,33H,6,9-10,13-17H2,1-2H3,(H,29,35)/t21-,23-,25+,26+/m0/s1. The van der Waals surface area contributed by atoms with Crippen LogP contribution in [-0.4, -0.2) is 71.1 Å². The minimum absolute atomic E-state index is 0.0275. The zero-order valence-corrected chi connectivity index (χ0v) is 21.1. The average Bonchev–Trinajstić information content (AvgIpc) is 3.64. The molecule has 3 heterocycles. The number of fused-ring (bicyclic) bond motifs is 4. The van der Waals surface area contributed by atoms with Gasteiger partial charge >= 0.3 is 0 Å². The first kappa shape index (κ1) is 24.7. The topological polar surface area (TPSA) is 94.9 Å². The van der Waals surface area contributed by atoms with Crippen LogP contribution in [0.2, 0.25) is 0 Å². The first-order valence-electron chi connectivity index (χ1n) is 13.0. The minimum atomic E-state index is -0.599. The SMILES string of the molecule is CN(C)CCCNC(=O)[C@@H]1[C@@H](CO)[C@@H]2Cn3c(ccc(-c4ccccc4)c3=O)[C@H]1N2C(=O)CC1CC1. The van der Waals surface area contributed by atoms with Crippen LogP contribution in [0, 0.1) is 17.8 Å². The maximum Gasteiger partial charge on any atom is 0.258 e. The molecule has 0 spiro atoms. The maximum absolute atomic E-state index is 13.6. The van der Waals surface area contributed by atoms with E-state index in [1.54, 1.807) is 4.57 Å². The highest BCUT2D eigenvalue weighted by Gasteiger charge is 2.57. The van der Waals surface area contributed by atoms with Gasteiger partial charge in [-0.3, -0.25) is 14.4 Å². The second-order valence-corrected chi connectivity index (χ2v) is 10.7. The van der Waals surface area contributed by atoms with E-state index in [0.29, 0.717) is 30.1 Å². The second kappa shape index (κ2) is 10.2. The third kappa shape index (κ3) is 4.60. The maximum atomic E-state index is 13.6. The predicted molar refractivity (Wildman–Crippen MR) is 137 cm³/mol. The highest BCUT2D eigenvalue weighted by Crippen LogP contribution is 2.49. The van der Waals surface area contributed by atoms with E-state index >= 15 is 0 Å². The van der Waals surface area contributed by atoms with Crippen molar-refractivity contribution in [1.82, 2.24) is 19.7 Å². The predicted octanol–water partition coefficient (Wildman–Crippen LogP) is 1.87. The number of nitrogens with one attached hydrogen (secondary N) is 1. The van der Waals surface area contributed by atoms with E-state index < -0.39 is 17.9 Å². The van der Waals surface area contributed by atoms with E-state index in [9.17, 15) is 19.5 Å². The largest absolute Gasteiger partial charge is 0.396 e. The molecular formula is C28H36N4O4. The Morgan fingerprint density at radius 3 is 2.53 bits per heavy atom. The molecule has 2 aromatic rings. The molecule has 8 heteroatoms. The van der Waals surface area contributed by atoms with Gasteiger partial charge in [-0.1, -0.05) is 30.3 Å². The average molecular weight is 493 g/mol. The summed E-state index contributed by atoms with van der Waals surface area (Å²) >= 11 is 0. The fourth-order valence-corrected chi connectivity index (χ4v) is 5.98. The molecule has 2 N–H and O–H groups in total. The minimum Gasteiger partial charge on any atom is -0.396 e. The molecule has 2 fully saturated rings. The van der Waals surface area contributed by atoms with Crippen molar-refractivity contribution in [1.29, 1.82) is 0 Å². The Bertz CT molecular complexity index is 1170. The molecule has 1 aromatic carbocycles. The van der Waals surface area contributed by atoms with E-state index in [0.717, 1.165) is 31.4 Å². The summed E-state index contributed by atoms with van der Waals surface area (Å²) in [5.74, 6) is -0.741. The molecule has 2 bridgehead atoms. The summed E-state index contributed by atoms with van der Waals surface area (Å²) in [5, 5.41) is 13.5. The number of hydrogen-bond donors (Lipinski definition) is 2. The van der Waals surface area contributed by atoms with Crippen LogP contribution in [-0.2, 0) is 16.1 Å². The van der Waals surface area contributed by atoms with Gasteiger partial charge in [-0.05, 0) is 63.5 Å². The Kier molecular flexibility index (Phi) is 6.99. The van der Waals surface area contributed by atoms with Gasteiger partial charge in [-0.15, -0.1) is 0 Å². The molecule has 3 aliphatic rings. The van der Waals surface area contributed by atoms with Crippen molar-refractivity contribution in [3.63, 3.8) is 0 Å². The van der Waals surface area contributed by atoms with Gasteiger partial charge in [0.1, 0.15) is 0 Å². The van der Waals surface area contributed by atoms with Gasteiger partial charge in [-0.2, -0.15) is 0 Å². The summed E-state index contributed by atoms with van der Waals surface area (Å²) < 4.78 is 1.74. The number of carbonyl (C=O) groups excluding carboxylic acids is 2. The Labute approximate surface area is 211 Å². The molecule has 5 rings (SSSR count). The van der Waals surface area contributed by atoms with Crippen molar-refractivity contribution >= 4 is 11.8 Å². The number of carbonyl (C=O) groups is 2. The van der Waals surface area contributed by atoms with Crippen LogP contribution >= 0.6 is 0 Å². The van der Waals surface area contributed by atoms with Crippen LogP contribution in [0.1, 0.15) is 37.4 Å². The third-order valence-electron chi connectivity index (χ3n) is 7.96. The normalized spacial score (nSPS) is 24.6. The number of amides is 2. The van der Waals surface area contributed by atoms with Crippen molar-refractivity contribution in [2.24, 2.45) is 17.8 Å². The molecule has 1 saturated carbocycles. The first-order chi connectivity index (χ1) is 17.4. The van der Waals surface area contributed by atoms with Crippen LogP contribution in [0.4, 0.5) is 0 Å². The molecular weight excluding hydrogens is 456 g/mol. The number of benzene rings is 1. The van der Waals surface area contributed by atoms with Gasteiger partial charge in [0.25, 0.3) is 5.56 Å². The van der Waals surface area contributed by atoms with Crippen LogP contribution in [0.3, 0.4) is 0 Å². The van der Waals surface area contributed by atoms with Crippen LogP contribution in [0.25, 0.3) is 11.1 Å². The number of nitrogens with zero attached hydrogens (tertiary/aromatic N) is 3. The monoisotopic (exact) mass is 492 g/mol. The zero-order valence-electron chi connectivity index (χ0n) is 21.1. The summed E-state index contributed by atoms with van der Waals surface area (Å²) in [4.78, 5) is 44.5. The van der Waals surface area contributed by atoms with Crippen molar-refractivity contribution in [2.75, 3.05) is 33.8 Å². The van der Waals surface area contributed by atoms with Gasteiger partial charge in [0, 0.05) is 43.3 Å². The molecule has 8 nitrogen and oxygen atoms in total. The molecule has 0 unspecified atom stereocenters. The lowest BCUT2D eigenvalue weighted by atomic mass is 9.86. The highest BCUT2D eigenvalue weighted by molar-refractivity contribution is 5.84. The number of rotatable bonds is 9. The van der Waals surface area contributed by atoms with Crippen molar-refractivity contribution in [3.8, 4) is 11.1 Å². The lowest BCUT2D eigenvalue weighted by molar-refractivity contribution is -0.137. The summed E-state index contributed by atoms with van der Waals surface area (Å²) in [6, 6.07) is 12.3. The molecule has 0 radical (unpaired) electrons. The quantitative estimate of drug-likeness (QED) is 0.521. The lowest BCUT2D eigenvalue weighted by Crippen LogP contribution is -2.49. The molecule has 36 heavy (non-hydrogen) atoms. The number of aliphatic hydroxyl groups excluding tert-OH is 1. The van der Waals surface area contributed by atoms with Gasteiger partial charge in [0.05, 0.1) is 18.0 Å². The van der Waals surface area contributed by atoms with Gasteiger partial charge < -0.3 is 24.8 Å². The number of hydrogen-bond acceptors (Lipinski definition) is 5. The number of pyridine rings is 1. The summed E-state index contributed by atoms with van der Waals surface area (Å²) in [6.07, 6.45) is 3.40. The second-order valence-electron chi connectivity index (χ2n) is 10.7. The Balaban J connectivity index is 1.51. The lowest BCUT2D eigenvalue weighted by Gasteiger charge is -2.38. The smallest absolute Gasteiger partial charge is 0.258 e. The summed E-state index contributed by atoms with van der Waals surface area (Å²) in [5.41, 5.74) is 2.00. The van der Waals surface area contributed by atoms with Crippen LogP contribution < -0.4 is 10.9 Å². The Hall–Kier alpha value is -2.97. The van der Waals surface area contributed by atoms with E-state index in [2.05, 4.69) is 10.2 Å². The third-order valence-corrected chi connectivity index (χ3v) is 7.96. The van der Waals surface area contributed by atoms with E-state index in [4.69, 9.17) is 0 Å². The Morgan fingerprint density at radius 1 is 1.11 bits per heavy atom. The first-order valence-corrected chi connectivity index (χ1v) is 13.0. The van der Waals surface area contributed by atoms with Crippen molar-refractivity contribution in [3.05, 3.63) is 58.5 Å². The van der Waals surface area contributed by atoms with Gasteiger partial charge in [0.15, 0.2) is 0 Å². The molecule has 1 aromatic heterocycles. The molecule has 2 amide bonds. The van der Waals surface area contributed by atoms with E-state index in [1.807, 2.05) is 61.5 Å². The fraction of sp³-hybridized carbons (Fsp3) is 0.536. The Morgan fingerprint density at radius 2 is 1.86 bits per heavy atom. The van der Waals surface area contributed by atoms with Crippen molar-refractivity contribution in [2.45, 2.75) is 44.3 Å². The zero-order chi connectivity index (χ0) is 25.4. The van der Waals surface area contributed by atoms with Crippen molar-refractivity contribution < 1.29 is 14.7 Å². The number of aromatic nitrogens is 1. The van der Waals surface area contributed by atoms with Crippen LogP contribution in [0.15, 0.2) is 47.3 Å². The van der Waals surface area contributed by atoms with Gasteiger partial charge in [0.2, 0.25) is 11.8 Å².